The molecule has 2 heterocycles. The molecule has 2 fully saturated rings. The number of halogens is 1. The van der Waals surface area contributed by atoms with Crippen LogP contribution in [0.25, 0.3) is 0 Å². The molecule has 4 rings (SSSR count). The van der Waals surface area contributed by atoms with Crippen LogP contribution in [0.1, 0.15) is 62.2 Å². The van der Waals surface area contributed by atoms with Gasteiger partial charge in [-0.1, -0.05) is 42.6 Å². The van der Waals surface area contributed by atoms with E-state index in [0.717, 1.165) is 49.5 Å². The van der Waals surface area contributed by atoms with Crippen LogP contribution in [0.2, 0.25) is 5.02 Å². The summed E-state index contributed by atoms with van der Waals surface area (Å²) in [6, 6.07) is 14.5. The van der Waals surface area contributed by atoms with Gasteiger partial charge >= 0.3 is 0 Å². The smallest absolute Gasteiger partial charge is 0.223 e. The summed E-state index contributed by atoms with van der Waals surface area (Å²) in [5, 5.41) is 4.11. The SMILES string of the molecule is O=C(N[C@@H](C[C@H]1CCCCN1Cc1cccc(Cl)c1)c1ccccn1)C1CCC1. The van der Waals surface area contributed by atoms with E-state index in [0.29, 0.717) is 6.04 Å². The third kappa shape index (κ3) is 5.37. The second kappa shape index (κ2) is 9.73. The van der Waals surface area contributed by atoms with Gasteiger partial charge in [-0.2, -0.15) is 0 Å². The topological polar surface area (TPSA) is 45.2 Å². The maximum atomic E-state index is 12.7. The molecule has 1 saturated carbocycles. The Morgan fingerprint density at radius 2 is 2.03 bits per heavy atom. The van der Waals surface area contributed by atoms with Crippen molar-refractivity contribution in [2.24, 2.45) is 5.92 Å². The molecule has 1 aliphatic carbocycles. The van der Waals surface area contributed by atoms with Crippen LogP contribution in [0.3, 0.4) is 0 Å². The van der Waals surface area contributed by atoms with E-state index in [9.17, 15) is 4.79 Å². The van der Waals surface area contributed by atoms with Gasteiger partial charge in [-0.15, -0.1) is 0 Å². The van der Waals surface area contributed by atoms with E-state index < -0.39 is 0 Å². The number of likely N-dealkylation sites (tertiary alicyclic amines) is 1. The fourth-order valence-electron chi connectivity index (χ4n) is 4.47. The van der Waals surface area contributed by atoms with Crippen LogP contribution in [-0.2, 0) is 11.3 Å². The molecule has 0 bridgehead atoms. The number of nitrogens with one attached hydrogen (secondary N) is 1. The Labute approximate surface area is 178 Å². The Balaban J connectivity index is 1.48. The molecule has 1 saturated heterocycles. The van der Waals surface area contributed by atoms with Gasteiger partial charge in [-0.3, -0.25) is 14.7 Å². The van der Waals surface area contributed by atoms with Gasteiger partial charge in [0.1, 0.15) is 0 Å². The molecule has 0 unspecified atom stereocenters. The summed E-state index contributed by atoms with van der Waals surface area (Å²) in [4.78, 5) is 19.8. The normalized spacial score (nSPS) is 21.3. The maximum Gasteiger partial charge on any atom is 0.223 e. The number of pyridine rings is 1. The zero-order valence-electron chi connectivity index (χ0n) is 16.9. The van der Waals surface area contributed by atoms with Crippen LogP contribution in [0, 0.1) is 5.92 Å². The quantitative estimate of drug-likeness (QED) is 0.686. The lowest BCUT2D eigenvalue weighted by molar-refractivity contribution is -0.128. The molecular formula is C24H30ClN3O. The average molecular weight is 412 g/mol. The number of hydrogen-bond acceptors (Lipinski definition) is 3. The third-order valence-electron chi connectivity index (χ3n) is 6.37. The number of amides is 1. The first-order valence-electron chi connectivity index (χ1n) is 10.9. The molecule has 1 amide bonds. The van der Waals surface area contributed by atoms with Gasteiger partial charge in [0.15, 0.2) is 0 Å². The van der Waals surface area contributed by atoms with Crippen LogP contribution in [0.4, 0.5) is 0 Å². The van der Waals surface area contributed by atoms with Crippen LogP contribution >= 0.6 is 11.6 Å². The molecule has 1 aromatic carbocycles. The highest BCUT2D eigenvalue weighted by molar-refractivity contribution is 6.30. The number of rotatable bonds is 7. The van der Waals surface area contributed by atoms with Gasteiger partial charge in [0, 0.05) is 29.7 Å². The van der Waals surface area contributed by atoms with E-state index in [4.69, 9.17) is 11.6 Å². The Morgan fingerprint density at radius 1 is 1.14 bits per heavy atom. The highest BCUT2D eigenvalue weighted by atomic mass is 35.5. The van der Waals surface area contributed by atoms with Crippen molar-refractivity contribution < 1.29 is 4.79 Å². The maximum absolute atomic E-state index is 12.7. The second-order valence-electron chi connectivity index (χ2n) is 8.43. The summed E-state index contributed by atoms with van der Waals surface area (Å²) in [5.74, 6) is 0.388. The molecule has 0 spiro atoms. The number of nitrogens with zero attached hydrogens (tertiary/aromatic N) is 2. The van der Waals surface area contributed by atoms with Gasteiger partial charge < -0.3 is 5.32 Å². The van der Waals surface area contributed by atoms with Gasteiger partial charge in [-0.05, 0) is 68.5 Å². The zero-order valence-corrected chi connectivity index (χ0v) is 17.7. The second-order valence-corrected chi connectivity index (χ2v) is 8.87. The van der Waals surface area contributed by atoms with Gasteiger partial charge in [0.25, 0.3) is 0 Å². The molecule has 4 nitrogen and oxygen atoms in total. The summed E-state index contributed by atoms with van der Waals surface area (Å²) in [5.41, 5.74) is 2.21. The van der Waals surface area contributed by atoms with E-state index in [1.165, 1.54) is 24.8 Å². The van der Waals surface area contributed by atoms with Crippen molar-refractivity contribution in [3.05, 3.63) is 64.9 Å². The molecule has 2 aliphatic rings. The summed E-state index contributed by atoms with van der Waals surface area (Å²) in [6.07, 6.45) is 9.54. The van der Waals surface area contributed by atoms with Gasteiger partial charge in [-0.25, -0.2) is 0 Å². The standard InChI is InChI=1S/C24H30ClN3O/c25-20-10-5-7-18(15-20)17-28-14-4-2-11-21(28)16-23(22-12-1-3-13-26-22)27-24(29)19-8-6-9-19/h1,3,5,7,10,12-13,15,19,21,23H,2,4,6,8-9,11,14,16-17H2,(H,27,29)/t21-,23+/m1/s1. The zero-order chi connectivity index (χ0) is 20.1. The van der Waals surface area contributed by atoms with Crippen molar-refractivity contribution in [2.75, 3.05) is 6.54 Å². The minimum atomic E-state index is -0.0331. The summed E-state index contributed by atoms with van der Waals surface area (Å²) >= 11 is 6.20. The lowest BCUT2D eigenvalue weighted by Crippen LogP contribution is -2.44. The lowest BCUT2D eigenvalue weighted by Gasteiger charge is -2.38. The predicted octanol–water partition coefficient (Wildman–Crippen LogP) is 5.14. The lowest BCUT2D eigenvalue weighted by atomic mass is 9.84. The first-order chi connectivity index (χ1) is 14.2. The fourth-order valence-corrected chi connectivity index (χ4v) is 4.69. The van der Waals surface area contributed by atoms with Crippen molar-refractivity contribution in [3.63, 3.8) is 0 Å². The molecule has 5 heteroatoms. The largest absolute Gasteiger partial charge is 0.347 e. The first kappa shape index (κ1) is 20.4. The van der Waals surface area contributed by atoms with Crippen LogP contribution in [0.15, 0.2) is 48.7 Å². The molecule has 0 radical (unpaired) electrons. The van der Waals surface area contributed by atoms with E-state index in [1.54, 1.807) is 0 Å². The monoisotopic (exact) mass is 411 g/mol. The molecule has 2 atom stereocenters. The van der Waals surface area contributed by atoms with Crippen molar-refractivity contribution >= 4 is 17.5 Å². The number of carbonyl (C=O) groups is 1. The minimum absolute atomic E-state index is 0.0331. The molecular weight excluding hydrogens is 382 g/mol. The Morgan fingerprint density at radius 3 is 2.76 bits per heavy atom. The van der Waals surface area contributed by atoms with Crippen LogP contribution in [-0.4, -0.2) is 28.4 Å². The number of carbonyl (C=O) groups excluding carboxylic acids is 1. The number of aromatic nitrogens is 1. The van der Waals surface area contributed by atoms with Crippen LogP contribution in [0.5, 0.6) is 0 Å². The Kier molecular flexibility index (Phi) is 6.83. The molecule has 29 heavy (non-hydrogen) atoms. The number of benzene rings is 1. The van der Waals surface area contributed by atoms with E-state index in [1.807, 2.05) is 36.5 Å². The molecule has 1 aliphatic heterocycles. The van der Waals surface area contributed by atoms with Crippen molar-refractivity contribution in [3.8, 4) is 0 Å². The van der Waals surface area contributed by atoms with Crippen molar-refractivity contribution in [1.29, 1.82) is 0 Å². The first-order valence-corrected chi connectivity index (χ1v) is 11.3. The van der Waals surface area contributed by atoms with E-state index in [-0.39, 0.29) is 17.9 Å². The highest BCUT2D eigenvalue weighted by Gasteiger charge is 2.31. The highest BCUT2D eigenvalue weighted by Crippen LogP contribution is 2.30. The molecule has 1 N–H and O–H groups in total. The predicted molar refractivity (Wildman–Crippen MR) is 117 cm³/mol. The fraction of sp³-hybridized carbons (Fsp3) is 0.500. The number of piperidine rings is 1. The van der Waals surface area contributed by atoms with Gasteiger partial charge in [0.05, 0.1) is 11.7 Å². The van der Waals surface area contributed by atoms with Crippen molar-refractivity contribution in [2.45, 2.75) is 63.6 Å². The molecule has 1 aromatic heterocycles. The summed E-state index contributed by atoms with van der Waals surface area (Å²) in [6.45, 7) is 1.99. The summed E-state index contributed by atoms with van der Waals surface area (Å²) in [7, 11) is 0. The molecule has 154 valence electrons. The van der Waals surface area contributed by atoms with E-state index >= 15 is 0 Å². The average Bonchev–Trinajstić information content (AvgIpc) is 2.68. The summed E-state index contributed by atoms with van der Waals surface area (Å²) < 4.78 is 0. The van der Waals surface area contributed by atoms with Crippen molar-refractivity contribution in [1.82, 2.24) is 15.2 Å². The minimum Gasteiger partial charge on any atom is -0.347 e. The third-order valence-corrected chi connectivity index (χ3v) is 6.60. The van der Waals surface area contributed by atoms with Crippen LogP contribution < -0.4 is 5.32 Å². The van der Waals surface area contributed by atoms with E-state index in [2.05, 4.69) is 27.3 Å². The molecule has 2 aromatic rings. The number of hydrogen-bond donors (Lipinski definition) is 1. The van der Waals surface area contributed by atoms with Gasteiger partial charge in [0.2, 0.25) is 5.91 Å². The Bertz CT molecular complexity index is 809. The Hall–Kier alpha value is -1.91.